The zero-order chi connectivity index (χ0) is 9.97. The lowest BCUT2D eigenvalue weighted by Crippen LogP contribution is -2.31. The molecule has 2 rings (SSSR count). The molecule has 1 aromatic rings. The molecule has 0 saturated carbocycles. The topological polar surface area (TPSA) is 3.24 Å². The molecule has 0 aromatic heterocycles. The highest BCUT2D eigenvalue weighted by Gasteiger charge is 2.19. The minimum atomic E-state index is 0.137. The van der Waals surface area contributed by atoms with Crippen molar-refractivity contribution >= 4 is 21.6 Å². The molecule has 0 unspecified atom stereocenters. The van der Waals surface area contributed by atoms with Crippen molar-refractivity contribution in [2.75, 3.05) is 18.0 Å². The normalized spacial score (nSPS) is 18.6. The predicted molar refractivity (Wildman–Crippen MR) is 59.9 cm³/mol. The van der Waals surface area contributed by atoms with Crippen molar-refractivity contribution < 1.29 is 4.39 Å². The number of benzene rings is 1. The van der Waals surface area contributed by atoms with E-state index in [1.54, 1.807) is 0 Å². The Morgan fingerprint density at radius 1 is 1.07 bits per heavy atom. The number of halogens is 2. The highest BCUT2D eigenvalue weighted by Crippen LogP contribution is 2.25. The van der Waals surface area contributed by atoms with Gasteiger partial charge >= 0.3 is 0 Å². The first-order valence-electron chi connectivity index (χ1n) is 4.76. The molecule has 3 heteroatoms. The number of hydrogen-bond donors (Lipinski definition) is 0. The third-order valence-electron chi connectivity index (χ3n) is 2.50. The third kappa shape index (κ3) is 2.27. The lowest BCUT2D eigenvalue weighted by atomic mass is 10.1. The molecule has 0 spiro atoms. The van der Waals surface area contributed by atoms with Gasteiger partial charge in [-0.25, -0.2) is 4.39 Å². The fraction of sp³-hybridized carbons (Fsp3) is 0.364. The summed E-state index contributed by atoms with van der Waals surface area (Å²) in [7, 11) is 0. The van der Waals surface area contributed by atoms with E-state index in [9.17, 15) is 4.39 Å². The van der Waals surface area contributed by atoms with Crippen molar-refractivity contribution in [3.63, 3.8) is 0 Å². The van der Waals surface area contributed by atoms with Crippen LogP contribution in [0.1, 0.15) is 12.8 Å². The molecule has 1 fully saturated rings. The van der Waals surface area contributed by atoms with Crippen molar-refractivity contribution in [1.29, 1.82) is 0 Å². The Morgan fingerprint density at radius 2 is 1.64 bits per heavy atom. The van der Waals surface area contributed by atoms with E-state index in [4.69, 9.17) is 0 Å². The van der Waals surface area contributed by atoms with E-state index in [1.807, 2.05) is 12.1 Å². The lowest BCUT2D eigenvalue weighted by Gasteiger charge is -2.30. The maximum Gasteiger partial charge on any atom is 0.148 e. The van der Waals surface area contributed by atoms with Gasteiger partial charge in [-0.2, -0.15) is 0 Å². The highest BCUT2D eigenvalue weighted by atomic mass is 79.9. The van der Waals surface area contributed by atoms with Crippen molar-refractivity contribution in [2.24, 2.45) is 0 Å². The highest BCUT2D eigenvalue weighted by molar-refractivity contribution is 9.10. The number of rotatable bonds is 1. The Bertz CT molecular complexity index is 291. The van der Waals surface area contributed by atoms with Crippen molar-refractivity contribution in [2.45, 2.75) is 12.8 Å². The van der Waals surface area contributed by atoms with Gasteiger partial charge in [0.05, 0.1) is 0 Å². The van der Waals surface area contributed by atoms with Crippen LogP contribution in [0.25, 0.3) is 0 Å². The Hall–Kier alpha value is -0.570. The van der Waals surface area contributed by atoms with Gasteiger partial charge in [0.25, 0.3) is 0 Å². The predicted octanol–water partition coefficient (Wildman–Crippen LogP) is 3.55. The first-order chi connectivity index (χ1) is 6.75. The standard InChI is InChI=1S/C11H12BrFN/c12-9-1-3-11(4-2-9)14-7-5-10(13)6-8-14/h1-4H,5-8H2. The molecule has 0 aliphatic carbocycles. The van der Waals surface area contributed by atoms with Gasteiger partial charge in [-0.1, -0.05) is 15.9 Å². The second kappa shape index (κ2) is 4.30. The van der Waals surface area contributed by atoms with Crippen LogP contribution in [0.4, 0.5) is 10.1 Å². The summed E-state index contributed by atoms with van der Waals surface area (Å²) < 4.78 is 13.9. The van der Waals surface area contributed by atoms with Gasteiger partial charge in [-0.15, -0.1) is 0 Å². The van der Waals surface area contributed by atoms with E-state index in [1.165, 1.54) is 5.69 Å². The van der Waals surface area contributed by atoms with Gasteiger partial charge in [0.15, 0.2) is 0 Å². The average molecular weight is 257 g/mol. The van der Waals surface area contributed by atoms with Gasteiger partial charge in [0.2, 0.25) is 0 Å². The Kier molecular flexibility index (Phi) is 3.06. The van der Waals surface area contributed by atoms with E-state index in [2.05, 4.69) is 33.0 Å². The van der Waals surface area contributed by atoms with Crippen LogP contribution in [0.2, 0.25) is 0 Å². The van der Waals surface area contributed by atoms with Crippen molar-refractivity contribution in [3.8, 4) is 0 Å². The van der Waals surface area contributed by atoms with E-state index >= 15 is 0 Å². The second-order valence-corrected chi connectivity index (χ2v) is 4.40. The fourth-order valence-electron chi connectivity index (χ4n) is 1.66. The Morgan fingerprint density at radius 3 is 2.21 bits per heavy atom. The summed E-state index contributed by atoms with van der Waals surface area (Å²) in [6.07, 6.45) is 1.30. The summed E-state index contributed by atoms with van der Waals surface area (Å²) >= 11 is 3.40. The molecule has 75 valence electrons. The van der Waals surface area contributed by atoms with Crippen LogP contribution in [0.5, 0.6) is 0 Å². The maximum absolute atomic E-state index is 12.8. The molecule has 0 amide bonds. The fourth-order valence-corrected chi connectivity index (χ4v) is 1.92. The van der Waals surface area contributed by atoms with Crippen molar-refractivity contribution in [1.82, 2.24) is 0 Å². The molecule has 0 N–H and O–H groups in total. The molecule has 14 heavy (non-hydrogen) atoms. The average Bonchev–Trinajstić information content (AvgIpc) is 2.21. The van der Waals surface area contributed by atoms with Gasteiger partial charge in [0.1, 0.15) is 6.17 Å². The summed E-state index contributed by atoms with van der Waals surface area (Å²) in [5.41, 5.74) is 1.18. The molecule has 1 aromatic carbocycles. The minimum Gasteiger partial charge on any atom is -0.371 e. The third-order valence-corrected chi connectivity index (χ3v) is 3.03. The first-order valence-corrected chi connectivity index (χ1v) is 5.56. The van der Waals surface area contributed by atoms with Gasteiger partial charge in [-0.05, 0) is 24.3 Å². The quantitative estimate of drug-likeness (QED) is 0.743. The first kappa shape index (κ1) is 9.97. The summed E-state index contributed by atoms with van der Waals surface area (Å²) in [5, 5.41) is 0. The summed E-state index contributed by atoms with van der Waals surface area (Å²) in [4.78, 5) is 2.22. The SMILES string of the molecule is F[C]1CCN(c2ccc(Br)cc2)CC1. The van der Waals surface area contributed by atoms with E-state index in [0.29, 0.717) is 12.8 Å². The van der Waals surface area contributed by atoms with Crippen LogP contribution in [0.3, 0.4) is 0 Å². The number of nitrogens with zero attached hydrogens (tertiary/aromatic N) is 1. The Labute approximate surface area is 92.0 Å². The van der Waals surface area contributed by atoms with Crippen LogP contribution in [0, 0.1) is 6.17 Å². The zero-order valence-corrected chi connectivity index (χ0v) is 9.43. The molecule has 1 saturated heterocycles. The molecular weight excluding hydrogens is 245 g/mol. The smallest absolute Gasteiger partial charge is 0.148 e. The van der Waals surface area contributed by atoms with Gasteiger partial charge in [-0.3, -0.25) is 0 Å². The van der Waals surface area contributed by atoms with Crippen LogP contribution in [-0.2, 0) is 0 Å². The number of piperidine rings is 1. The van der Waals surface area contributed by atoms with E-state index in [-0.39, 0.29) is 6.17 Å². The van der Waals surface area contributed by atoms with E-state index in [0.717, 1.165) is 17.6 Å². The number of anilines is 1. The molecular formula is C11H12BrFN. The second-order valence-electron chi connectivity index (χ2n) is 3.48. The molecule has 1 aliphatic rings. The zero-order valence-electron chi connectivity index (χ0n) is 7.84. The molecule has 1 radical (unpaired) electrons. The summed E-state index contributed by atoms with van der Waals surface area (Å²) in [6, 6.07) is 8.16. The van der Waals surface area contributed by atoms with Crippen LogP contribution in [0.15, 0.2) is 28.7 Å². The van der Waals surface area contributed by atoms with E-state index < -0.39 is 0 Å². The molecule has 0 bridgehead atoms. The Balaban J connectivity index is 2.05. The molecule has 1 aliphatic heterocycles. The summed E-state index contributed by atoms with van der Waals surface area (Å²) in [5.74, 6) is 0. The van der Waals surface area contributed by atoms with Crippen LogP contribution >= 0.6 is 15.9 Å². The van der Waals surface area contributed by atoms with Crippen LogP contribution in [-0.4, -0.2) is 13.1 Å². The molecule has 1 heterocycles. The largest absolute Gasteiger partial charge is 0.371 e. The van der Waals surface area contributed by atoms with Crippen LogP contribution < -0.4 is 4.90 Å². The van der Waals surface area contributed by atoms with Crippen molar-refractivity contribution in [3.05, 3.63) is 34.9 Å². The minimum absolute atomic E-state index is 0.137. The maximum atomic E-state index is 12.8. The van der Waals surface area contributed by atoms with Gasteiger partial charge in [0, 0.05) is 36.1 Å². The number of hydrogen-bond acceptors (Lipinski definition) is 1. The molecule has 0 atom stereocenters. The molecule has 1 nitrogen and oxygen atoms in total. The van der Waals surface area contributed by atoms with Gasteiger partial charge < -0.3 is 4.90 Å². The lowest BCUT2D eigenvalue weighted by molar-refractivity contribution is 0.399. The summed E-state index contributed by atoms with van der Waals surface area (Å²) in [6.45, 7) is 1.60. The monoisotopic (exact) mass is 256 g/mol.